The molecule has 2 saturated heterocycles. The van der Waals surface area contributed by atoms with E-state index in [1.54, 1.807) is 18.3 Å². The van der Waals surface area contributed by atoms with E-state index in [1.165, 1.54) is 0 Å². The summed E-state index contributed by atoms with van der Waals surface area (Å²) in [5.74, 6) is 1.08. The summed E-state index contributed by atoms with van der Waals surface area (Å²) in [7, 11) is 0. The van der Waals surface area contributed by atoms with Crippen molar-refractivity contribution in [1.82, 2.24) is 29.5 Å². The lowest BCUT2D eigenvalue weighted by Crippen LogP contribution is -2.45. The number of rotatable bonds is 10. The quantitative estimate of drug-likeness (QED) is 0.165. The van der Waals surface area contributed by atoms with E-state index in [2.05, 4.69) is 29.8 Å². The average molecular weight is 687 g/mol. The van der Waals surface area contributed by atoms with Crippen LogP contribution in [0, 0.1) is 0 Å². The number of ether oxygens (including phenoxy) is 3. The van der Waals surface area contributed by atoms with E-state index in [0.29, 0.717) is 52.4 Å². The lowest BCUT2D eigenvalue weighted by atomic mass is 9.90. The highest BCUT2D eigenvalue weighted by molar-refractivity contribution is 6.31. The van der Waals surface area contributed by atoms with Crippen LogP contribution in [0.4, 0.5) is 17.5 Å². The number of pyridine rings is 1. The van der Waals surface area contributed by atoms with Gasteiger partial charge in [-0.3, -0.25) is 14.5 Å². The Balaban J connectivity index is 0.962. The third kappa shape index (κ3) is 7.06. The summed E-state index contributed by atoms with van der Waals surface area (Å²) < 4.78 is 25.4. The van der Waals surface area contributed by atoms with Gasteiger partial charge in [-0.15, -0.1) is 0 Å². The molecular weight excluding hydrogens is 644 g/mol. The van der Waals surface area contributed by atoms with E-state index >= 15 is 0 Å². The lowest BCUT2D eigenvalue weighted by molar-refractivity contribution is 0.00522. The van der Waals surface area contributed by atoms with E-state index < -0.39 is 0 Å². The molecule has 8 rings (SSSR count). The Kier molecular flexibility index (Phi) is 9.55. The maximum absolute atomic E-state index is 6.48. The molecule has 0 amide bonds. The van der Waals surface area contributed by atoms with Crippen LogP contribution in [-0.2, 0) is 9.47 Å². The Hall–Kier alpha value is -3.94. The zero-order chi connectivity index (χ0) is 33.2. The van der Waals surface area contributed by atoms with Gasteiger partial charge in [-0.25, -0.2) is 4.98 Å². The zero-order valence-corrected chi connectivity index (χ0v) is 28.4. The molecule has 0 atom stereocenters. The van der Waals surface area contributed by atoms with Gasteiger partial charge in [-0.1, -0.05) is 23.7 Å². The van der Waals surface area contributed by atoms with Crippen LogP contribution in [0.1, 0.15) is 38.1 Å². The number of nitrogens with one attached hydrogen (secondary N) is 1. The van der Waals surface area contributed by atoms with Crippen LogP contribution in [0.2, 0.25) is 5.02 Å². The molecule has 49 heavy (non-hydrogen) atoms. The third-order valence-electron chi connectivity index (χ3n) is 10.0. The van der Waals surface area contributed by atoms with Gasteiger partial charge in [0, 0.05) is 67.3 Å². The van der Waals surface area contributed by atoms with Crippen LogP contribution in [0.3, 0.4) is 0 Å². The Morgan fingerprint density at radius 2 is 1.65 bits per heavy atom. The molecular formula is C36H43ClN8O4. The molecule has 0 spiro atoms. The summed E-state index contributed by atoms with van der Waals surface area (Å²) in [5, 5.41) is 9.91. The van der Waals surface area contributed by atoms with Crippen LogP contribution in [0.5, 0.6) is 5.75 Å². The number of nitrogen functional groups attached to an aromatic ring is 1. The number of morpholine rings is 2. The number of hydrogen-bond acceptors (Lipinski definition) is 11. The van der Waals surface area contributed by atoms with Crippen molar-refractivity contribution in [2.75, 3.05) is 76.8 Å². The van der Waals surface area contributed by atoms with E-state index in [9.17, 15) is 0 Å². The highest BCUT2D eigenvalue weighted by Gasteiger charge is 2.30. The molecule has 12 nitrogen and oxygen atoms in total. The van der Waals surface area contributed by atoms with Crippen molar-refractivity contribution in [1.29, 1.82) is 0 Å². The summed E-state index contributed by atoms with van der Waals surface area (Å²) in [5.41, 5.74) is 11.3. The number of fused-ring (bicyclic) bond motifs is 2. The second-order valence-electron chi connectivity index (χ2n) is 13.1. The molecule has 258 valence electrons. The standard InChI is InChI=1S/C36H43ClN8O4/c37-25-22-29-34(31(23-25)48-17-1-12-43-13-18-46-19-14-43)49-36(41-29)40-26-4-2-24(3-5-26)33-32-30(10-11-39-35(32)38)45(42-33)28-8-6-27(7-9-28)44-15-20-47-21-16-44/h2-5,10-11,22-23,27-28H,1,6-9,12-21H2,(H2,38,39)(H,40,41). The minimum atomic E-state index is 0.322. The molecule has 3 aliphatic rings. The number of hydrogen-bond donors (Lipinski definition) is 2. The maximum atomic E-state index is 6.48. The van der Waals surface area contributed by atoms with Gasteiger partial charge >= 0.3 is 0 Å². The second kappa shape index (κ2) is 14.5. The molecule has 0 bridgehead atoms. The van der Waals surface area contributed by atoms with Gasteiger partial charge in [0.1, 0.15) is 17.0 Å². The number of nitrogens with two attached hydrogens (primary N) is 1. The fourth-order valence-electron chi connectivity index (χ4n) is 7.46. The lowest BCUT2D eigenvalue weighted by Gasteiger charge is -2.38. The highest BCUT2D eigenvalue weighted by atomic mass is 35.5. The van der Waals surface area contributed by atoms with Crippen LogP contribution >= 0.6 is 11.6 Å². The summed E-state index contributed by atoms with van der Waals surface area (Å²) in [6.45, 7) is 8.75. The number of halogens is 1. The Morgan fingerprint density at radius 1 is 0.918 bits per heavy atom. The summed E-state index contributed by atoms with van der Waals surface area (Å²) in [4.78, 5) is 14.1. The van der Waals surface area contributed by atoms with Crippen molar-refractivity contribution in [3.8, 4) is 17.0 Å². The van der Waals surface area contributed by atoms with E-state index in [4.69, 9.17) is 41.1 Å². The van der Waals surface area contributed by atoms with E-state index in [1.807, 2.05) is 30.3 Å². The summed E-state index contributed by atoms with van der Waals surface area (Å²) in [6.07, 6.45) is 7.16. The molecule has 3 N–H and O–H groups in total. The Bertz CT molecular complexity index is 1880. The van der Waals surface area contributed by atoms with Gasteiger partial charge in [-0.05, 0) is 56.4 Å². The van der Waals surface area contributed by atoms with E-state index in [-0.39, 0.29) is 0 Å². The predicted molar refractivity (Wildman–Crippen MR) is 191 cm³/mol. The first-order valence-electron chi connectivity index (χ1n) is 17.4. The molecule has 0 unspecified atom stereocenters. The summed E-state index contributed by atoms with van der Waals surface area (Å²) >= 11 is 6.41. The van der Waals surface area contributed by atoms with Gasteiger partial charge in [0.15, 0.2) is 11.3 Å². The minimum Gasteiger partial charge on any atom is -0.489 e. The van der Waals surface area contributed by atoms with Crippen molar-refractivity contribution < 1.29 is 18.6 Å². The SMILES string of the molecule is Nc1nccc2c1c(-c1ccc(Nc3nc4cc(Cl)cc(OCCCN5CCOCC5)c4o3)cc1)nn2C1CCC(N2CCOCC2)CC1. The molecule has 5 heterocycles. The number of benzene rings is 2. The molecule has 3 fully saturated rings. The first-order chi connectivity index (χ1) is 24.1. The topological polar surface area (TPSA) is 129 Å². The second-order valence-corrected chi connectivity index (χ2v) is 13.6. The van der Waals surface area contributed by atoms with Gasteiger partial charge < -0.3 is 29.7 Å². The van der Waals surface area contributed by atoms with Gasteiger partial charge in [0.25, 0.3) is 6.01 Å². The largest absolute Gasteiger partial charge is 0.489 e. The minimum absolute atomic E-state index is 0.322. The first-order valence-corrected chi connectivity index (χ1v) is 17.8. The molecule has 5 aromatic rings. The van der Waals surface area contributed by atoms with Crippen molar-refractivity contribution in [3.05, 3.63) is 53.7 Å². The van der Waals surface area contributed by atoms with Crippen molar-refractivity contribution in [3.63, 3.8) is 0 Å². The number of oxazole rings is 1. The Morgan fingerprint density at radius 3 is 2.43 bits per heavy atom. The molecule has 13 heteroatoms. The molecule has 0 radical (unpaired) electrons. The monoisotopic (exact) mass is 686 g/mol. The highest BCUT2D eigenvalue weighted by Crippen LogP contribution is 2.38. The van der Waals surface area contributed by atoms with E-state index in [0.717, 1.165) is 119 Å². The number of nitrogens with zero attached hydrogens (tertiary/aromatic N) is 6. The van der Waals surface area contributed by atoms with Gasteiger partial charge in [0.05, 0.1) is 50.0 Å². The first kappa shape index (κ1) is 32.3. The Labute approximate surface area is 290 Å². The molecule has 2 aromatic carbocycles. The fourth-order valence-corrected chi connectivity index (χ4v) is 7.67. The fraction of sp³-hybridized carbons (Fsp3) is 0.472. The van der Waals surface area contributed by atoms with Crippen LogP contribution in [0.25, 0.3) is 33.3 Å². The normalized spacial score (nSPS) is 21.0. The number of aromatic nitrogens is 4. The average Bonchev–Trinajstić information content (AvgIpc) is 3.73. The molecule has 2 aliphatic heterocycles. The smallest absolute Gasteiger partial charge is 0.300 e. The molecule has 1 saturated carbocycles. The predicted octanol–water partition coefficient (Wildman–Crippen LogP) is 6.14. The zero-order valence-electron chi connectivity index (χ0n) is 27.7. The number of anilines is 3. The third-order valence-corrected chi connectivity index (χ3v) is 10.3. The molecule has 3 aromatic heterocycles. The van der Waals surface area contributed by atoms with Crippen molar-refractivity contribution in [2.24, 2.45) is 0 Å². The summed E-state index contributed by atoms with van der Waals surface area (Å²) in [6, 6.07) is 15.0. The van der Waals surface area contributed by atoms with Crippen LogP contribution in [-0.4, -0.2) is 101 Å². The van der Waals surface area contributed by atoms with Gasteiger partial charge in [-0.2, -0.15) is 10.1 Å². The van der Waals surface area contributed by atoms with Crippen molar-refractivity contribution in [2.45, 2.75) is 44.2 Å². The van der Waals surface area contributed by atoms with Gasteiger partial charge in [0.2, 0.25) is 0 Å². The van der Waals surface area contributed by atoms with Crippen LogP contribution in [0.15, 0.2) is 53.1 Å². The molecule has 1 aliphatic carbocycles. The van der Waals surface area contributed by atoms with Crippen LogP contribution < -0.4 is 15.8 Å². The van der Waals surface area contributed by atoms with Crippen molar-refractivity contribution >= 4 is 51.1 Å². The maximum Gasteiger partial charge on any atom is 0.300 e.